The zero-order chi connectivity index (χ0) is 24.0. The molecular formula is C26H26N2O4S. The number of ether oxygens (including phenoxy) is 1. The molecule has 0 aliphatic heterocycles. The molecule has 7 heteroatoms. The fourth-order valence-electron chi connectivity index (χ4n) is 3.35. The number of hydrogen-bond acceptors (Lipinski definition) is 4. The summed E-state index contributed by atoms with van der Waals surface area (Å²) in [6, 6.07) is 20.6. The number of rotatable bonds is 8. The van der Waals surface area contributed by atoms with Gasteiger partial charge in [-0.2, -0.15) is 0 Å². The standard InChI is InChI=1S/C26H26N2O4S/c1-5-18-28(19-21-12-10-20(2)11-13-21)26(29)22-14-16-23(17-15-22)33(30,31)27(3)24-8-6-7-9-25(24)32-4/h1,6-17H,18-19H2,2-4H3. The highest BCUT2D eigenvalue weighted by Crippen LogP contribution is 2.31. The van der Waals surface area contributed by atoms with Crippen LogP contribution in [0.15, 0.2) is 77.7 Å². The van der Waals surface area contributed by atoms with Crippen molar-refractivity contribution in [3.63, 3.8) is 0 Å². The third-order valence-corrected chi connectivity index (χ3v) is 7.03. The van der Waals surface area contributed by atoms with Crippen molar-refractivity contribution >= 4 is 21.6 Å². The number of sulfonamides is 1. The van der Waals surface area contributed by atoms with Gasteiger partial charge in [-0.15, -0.1) is 6.42 Å². The second-order valence-electron chi connectivity index (χ2n) is 7.52. The number of benzene rings is 3. The molecule has 33 heavy (non-hydrogen) atoms. The third kappa shape index (κ3) is 5.36. The van der Waals surface area contributed by atoms with E-state index in [9.17, 15) is 13.2 Å². The summed E-state index contributed by atoms with van der Waals surface area (Å²) < 4.78 is 32.7. The van der Waals surface area contributed by atoms with Crippen LogP contribution in [0.2, 0.25) is 0 Å². The van der Waals surface area contributed by atoms with Crippen LogP contribution in [0, 0.1) is 19.3 Å². The van der Waals surface area contributed by atoms with Crippen LogP contribution in [0.25, 0.3) is 0 Å². The number of amides is 1. The number of anilines is 1. The lowest BCUT2D eigenvalue weighted by Crippen LogP contribution is -2.31. The van der Waals surface area contributed by atoms with Crippen LogP contribution in [-0.2, 0) is 16.6 Å². The van der Waals surface area contributed by atoms with Gasteiger partial charge in [-0.25, -0.2) is 8.42 Å². The molecule has 1 amide bonds. The normalized spacial score (nSPS) is 10.8. The van der Waals surface area contributed by atoms with Crippen molar-refractivity contribution in [2.45, 2.75) is 18.4 Å². The Morgan fingerprint density at radius 1 is 1.00 bits per heavy atom. The van der Waals surface area contributed by atoms with Crippen LogP contribution in [0.5, 0.6) is 5.75 Å². The van der Waals surface area contributed by atoms with E-state index in [-0.39, 0.29) is 17.3 Å². The lowest BCUT2D eigenvalue weighted by Gasteiger charge is -2.22. The van der Waals surface area contributed by atoms with Gasteiger partial charge in [-0.3, -0.25) is 9.10 Å². The molecule has 0 saturated carbocycles. The highest BCUT2D eigenvalue weighted by Gasteiger charge is 2.24. The Morgan fingerprint density at radius 2 is 1.64 bits per heavy atom. The van der Waals surface area contributed by atoms with E-state index in [4.69, 9.17) is 11.2 Å². The molecular weight excluding hydrogens is 436 g/mol. The first-order chi connectivity index (χ1) is 15.8. The molecule has 0 unspecified atom stereocenters. The summed E-state index contributed by atoms with van der Waals surface area (Å²) in [4.78, 5) is 14.7. The van der Waals surface area contributed by atoms with E-state index >= 15 is 0 Å². The van der Waals surface area contributed by atoms with Crippen molar-refractivity contribution in [3.8, 4) is 18.1 Å². The zero-order valence-electron chi connectivity index (χ0n) is 18.9. The first-order valence-corrected chi connectivity index (χ1v) is 11.7. The minimum absolute atomic E-state index is 0.0643. The van der Waals surface area contributed by atoms with Gasteiger partial charge < -0.3 is 9.64 Å². The summed E-state index contributed by atoms with van der Waals surface area (Å²) in [5.41, 5.74) is 2.86. The molecule has 3 rings (SSSR count). The maximum Gasteiger partial charge on any atom is 0.264 e. The van der Waals surface area contributed by atoms with Gasteiger partial charge >= 0.3 is 0 Å². The van der Waals surface area contributed by atoms with E-state index in [0.717, 1.165) is 15.4 Å². The van der Waals surface area contributed by atoms with Gasteiger partial charge in [0.2, 0.25) is 0 Å². The lowest BCUT2D eigenvalue weighted by atomic mass is 10.1. The summed E-state index contributed by atoms with van der Waals surface area (Å²) in [5, 5.41) is 0. The Kier molecular flexibility index (Phi) is 7.41. The average molecular weight is 463 g/mol. The average Bonchev–Trinajstić information content (AvgIpc) is 2.84. The predicted molar refractivity (Wildman–Crippen MR) is 130 cm³/mol. The molecule has 3 aromatic carbocycles. The molecule has 0 radical (unpaired) electrons. The molecule has 0 saturated heterocycles. The fraction of sp³-hybridized carbons (Fsp3) is 0.192. The number of nitrogens with zero attached hydrogens (tertiary/aromatic N) is 2. The maximum atomic E-state index is 13.1. The van der Waals surface area contributed by atoms with Crippen LogP contribution in [0.3, 0.4) is 0 Å². The molecule has 0 aromatic heterocycles. The topological polar surface area (TPSA) is 66.9 Å². The molecule has 170 valence electrons. The van der Waals surface area contributed by atoms with Crippen molar-refractivity contribution in [1.29, 1.82) is 0 Å². The Morgan fingerprint density at radius 3 is 2.24 bits per heavy atom. The van der Waals surface area contributed by atoms with Crippen molar-refractivity contribution in [2.24, 2.45) is 0 Å². The first-order valence-electron chi connectivity index (χ1n) is 10.3. The summed E-state index contributed by atoms with van der Waals surface area (Å²) in [6.45, 7) is 2.50. The number of terminal acetylenes is 1. The molecule has 0 aliphatic carbocycles. The first kappa shape index (κ1) is 23.9. The highest BCUT2D eigenvalue weighted by molar-refractivity contribution is 7.92. The van der Waals surface area contributed by atoms with Crippen molar-refractivity contribution in [1.82, 2.24) is 4.90 Å². The summed E-state index contributed by atoms with van der Waals surface area (Å²) in [5.74, 6) is 2.69. The van der Waals surface area contributed by atoms with E-state index in [0.29, 0.717) is 23.5 Å². The molecule has 0 fully saturated rings. The monoisotopic (exact) mass is 462 g/mol. The number of para-hydroxylation sites is 2. The molecule has 0 N–H and O–H groups in total. The summed E-state index contributed by atoms with van der Waals surface area (Å²) in [6.07, 6.45) is 5.48. The Bertz CT molecular complexity index is 1260. The van der Waals surface area contributed by atoms with Crippen LogP contribution >= 0.6 is 0 Å². The minimum atomic E-state index is -3.85. The van der Waals surface area contributed by atoms with Gasteiger partial charge in [0.25, 0.3) is 15.9 Å². The highest BCUT2D eigenvalue weighted by atomic mass is 32.2. The second-order valence-corrected chi connectivity index (χ2v) is 9.49. The molecule has 0 spiro atoms. The van der Waals surface area contributed by atoms with Gasteiger partial charge in [0.05, 0.1) is 24.2 Å². The van der Waals surface area contributed by atoms with Crippen LogP contribution in [-0.4, -0.2) is 39.9 Å². The largest absolute Gasteiger partial charge is 0.495 e. The summed E-state index contributed by atoms with van der Waals surface area (Å²) >= 11 is 0. The smallest absolute Gasteiger partial charge is 0.264 e. The molecule has 0 bridgehead atoms. The van der Waals surface area contributed by atoms with Crippen molar-refractivity contribution in [2.75, 3.05) is 25.0 Å². The minimum Gasteiger partial charge on any atom is -0.495 e. The summed E-state index contributed by atoms with van der Waals surface area (Å²) in [7, 11) is -0.909. The van der Waals surface area contributed by atoms with Gasteiger partial charge in [0.15, 0.2) is 0 Å². The van der Waals surface area contributed by atoms with Gasteiger partial charge in [0, 0.05) is 19.2 Å². The number of methoxy groups -OCH3 is 1. The van der Waals surface area contributed by atoms with Crippen molar-refractivity contribution in [3.05, 3.63) is 89.5 Å². The number of carbonyl (C=O) groups excluding carboxylic acids is 1. The van der Waals surface area contributed by atoms with Crippen LogP contribution in [0.1, 0.15) is 21.5 Å². The van der Waals surface area contributed by atoms with E-state index in [1.165, 1.54) is 38.4 Å². The molecule has 0 atom stereocenters. The van der Waals surface area contributed by atoms with E-state index in [1.807, 2.05) is 31.2 Å². The van der Waals surface area contributed by atoms with E-state index in [2.05, 4.69) is 5.92 Å². The third-order valence-electron chi connectivity index (χ3n) is 5.25. The number of hydrogen-bond donors (Lipinski definition) is 0. The SMILES string of the molecule is C#CCN(Cc1ccc(C)cc1)C(=O)c1ccc(S(=O)(=O)N(C)c2ccccc2OC)cc1. The molecule has 0 heterocycles. The van der Waals surface area contributed by atoms with Crippen molar-refractivity contribution < 1.29 is 17.9 Å². The number of aryl methyl sites for hydroxylation is 1. The fourth-order valence-corrected chi connectivity index (χ4v) is 4.56. The van der Waals surface area contributed by atoms with Crippen LogP contribution in [0.4, 0.5) is 5.69 Å². The number of carbonyl (C=O) groups is 1. The molecule has 3 aromatic rings. The lowest BCUT2D eigenvalue weighted by molar-refractivity contribution is 0.0765. The molecule has 0 aliphatic rings. The van der Waals surface area contributed by atoms with E-state index < -0.39 is 10.0 Å². The van der Waals surface area contributed by atoms with Crippen LogP contribution < -0.4 is 9.04 Å². The quantitative estimate of drug-likeness (QED) is 0.473. The maximum absolute atomic E-state index is 13.1. The van der Waals surface area contributed by atoms with E-state index in [1.54, 1.807) is 29.2 Å². The van der Waals surface area contributed by atoms with Gasteiger partial charge in [-0.05, 0) is 48.9 Å². The zero-order valence-corrected chi connectivity index (χ0v) is 19.7. The molecule has 6 nitrogen and oxygen atoms in total. The Labute approximate surface area is 195 Å². The Hall–Kier alpha value is -3.76. The van der Waals surface area contributed by atoms with Gasteiger partial charge in [-0.1, -0.05) is 47.9 Å². The second kappa shape index (κ2) is 10.2. The Balaban J connectivity index is 1.83. The predicted octanol–water partition coefficient (Wildman–Crippen LogP) is 4.10. The van der Waals surface area contributed by atoms with Gasteiger partial charge in [0.1, 0.15) is 5.75 Å².